The monoisotopic (exact) mass is 301 g/mol. The number of para-hydroxylation sites is 1. The van der Waals surface area contributed by atoms with E-state index in [2.05, 4.69) is 31.0 Å². The number of hydrogen-bond acceptors (Lipinski definition) is 4. The average Bonchev–Trinajstić information content (AvgIpc) is 2.94. The lowest BCUT2D eigenvalue weighted by atomic mass is 10.3. The normalized spacial score (nSPS) is 11.1. The molecule has 0 fully saturated rings. The van der Waals surface area contributed by atoms with Crippen LogP contribution in [-0.2, 0) is 18.4 Å². The Labute approximate surface area is 128 Å². The summed E-state index contributed by atoms with van der Waals surface area (Å²) in [5.74, 6) is 1.15. The summed E-state index contributed by atoms with van der Waals surface area (Å²) in [5.41, 5.74) is 0.760. The van der Waals surface area contributed by atoms with Gasteiger partial charge in [-0.25, -0.2) is 4.98 Å². The minimum atomic E-state index is -0.146. The Morgan fingerprint density at radius 2 is 2.05 bits per heavy atom. The topological polar surface area (TPSA) is 96.2 Å². The molecule has 8 heteroatoms. The van der Waals surface area contributed by atoms with Gasteiger partial charge in [0.1, 0.15) is 12.2 Å². The number of guanidine groups is 1. The Balaban J connectivity index is 1.76. The predicted octanol–water partition coefficient (Wildman–Crippen LogP) is 0.119. The molecular formula is C14H19N7O. The van der Waals surface area contributed by atoms with Crippen molar-refractivity contribution in [2.45, 2.75) is 6.54 Å². The first-order chi connectivity index (χ1) is 10.7. The van der Waals surface area contributed by atoms with Crippen molar-refractivity contribution in [1.82, 2.24) is 25.4 Å². The number of nitrogens with one attached hydrogen (secondary N) is 3. The zero-order valence-corrected chi connectivity index (χ0v) is 12.6. The fourth-order valence-corrected chi connectivity index (χ4v) is 1.75. The second-order valence-corrected chi connectivity index (χ2v) is 4.49. The van der Waals surface area contributed by atoms with E-state index in [-0.39, 0.29) is 12.5 Å². The smallest absolute Gasteiger partial charge is 0.243 e. The fourth-order valence-electron chi connectivity index (χ4n) is 1.75. The highest BCUT2D eigenvalue weighted by molar-refractivity contribution is 5.94. The third kappa shape index (κ3) is 4.58. The number of amides is 1. The molecule has 22 heavy (non-hydrogen) atoms. The number of hydrogen-bond donors (Lipinski definition) is 3. The molecule has 2 rings (SSSR count). The number of nitrogens with zero attached hydrogens (tertiary/aromatic N) is 4. The minimum absolute atomic E-state index is 0.118. The maximum Gasteiger partial charge on any atom is 0.243 e. The largest absolute Gasteiger partial charge is 0.349 e. The molecule has 0 unspecified atom stereocenters. The molecular weight excluding hydrogens is 282 g/mol. The van der Waals surface area contributed by atoms with Crippen LogP contribution < -0.4 is 16.0 Å². The summed E-state index contributed by atoms with van der Waals surface area (Å²) >= 11 is 0. The van der Waals surface area contributed by atoms with Crippen LogP contribution in [0.15, 0.2) is 41.7 Å². The third-order valence-corrected chi connectivity index (χ3v) is 2.92. The van der Waals surface area contributed by atoms with E-state index in [1.54, 1.807) is 11.7 Å². The molecule has 1 aromatic carbocycles. The number of anilines is 1. The maximum atomic E-state index is 11.8. The summed E-state index contributed by atoms with van der Waals surface area (Å²) in [5, 5.41) is 12.8. The number of carbonyl (C=O) groups excluding carboxylic acids is 1. The maximum absolute atomic E-state index is 11.8. The van der Waals surface area contributed by atoms with Crippen molar-refractivity contribution in [3.8, 4) is 0 Å². The van der Waals surface area contributed by atoms with Gasteiger partial charge >= 0.3 is 0 Å². The van der Waals surface area contributed by atoms with Gasteiger partial charge in [0.15, 0.2) is 5.96 Å². The van der Waals surface area contributed by atoms with Crippen LogP contribution in [0.4, 0.5) is 5.69 Å². The molecule has 0 aliphatic rings. The van der Waals surface area contributed by atoms with Gasteiger partial charge in [0.05, 0.1) is 13.1 Å². The lowest BCUT2D eigenvalue weighted by Crippen LogP contribution is -2.41. The second-order valence-electron chi connectivity index (χ2n) is 4.49. The average molecular weight is 301 g/mol. The summed E-state index contributed by atoms with van der Waals surface area (Å²) < 4.78 is 1.67. The van der Waals surface area contributed by atoms with Crippen molar-refractivity contribution in [3.05, 3.63) is 42.5 Å². The Morgan fingerprint density at radius 3 is 2.68 bits per heavy atom. The molecule has 0 bridgehead atoms. The Kier molecular flexibility index (Phi) is 5.47. The third-order valence-electron chi connectivity index (χ3n) is 2.92. The number of aliphatic imine (C=N–C) groups is 1. The lowest BCUT2D eigenvalue weighted by molar-refractivity contribution is -0.115. The van der Waals surface area contributed by atoms with Crippen molar-refractivity contribution in [2.24, 2.45) is 12.0 Å². The molecule has 1 heterocycles. The van der Waals surface area contributed by atoms with Crippen molar-refractivity contribution >= 4 is 17.6 Å². The van der Waals surface area contributed by atoms with Crippen LogP contribution in [0.5, 0.6) is 0 Å². The van der Waals surface area contributed by atoms with E-state index in [0.29, 0.717) is 12.5 Å². The molecule has 0 saturated carbocycles. The van der Waals surface area contributed by atoms with Gasteiger partial charge in [-0.15, -0.1) is 0 Å². The summed E-state index contributed by atoms with van der Waals surface area (Å²) in [7, 11) is 3.45. The highest BCUT2D eigenvalue weighted by Crippen LogP contribution is 2.03. The van der Waals surface area contributed by atoms with Crippen molar-refractivity contribution < 1.29 is 4.79 Å². The molecule has 0 radical (unpaired) electrons. The molecule has 0 saturated heterocycles. The van der Waals surface area contributed by atoms with E-state index < -0.39 is 0 Å². The van der Waals surface area contributed by atoms with Crippen LogP contribution in [0.25, 0.3) is 0 Å². The first kappa shape index (κ1) is 15.5. The van der Waals surface area contributed by atoms with Crippen LogP contribution in [-0.4, -0.2) is 40.2 Å². The molecule has 1 amide bonds. The van der Waals surface area contributed by atoms with Gasteiger partial charge in [-0.3, -0.25) is 14.5 Å². The van der Waals surface area contributed by atoms with Gasteiger partial charge in [0, 0.05) is 19.8 Å². The molecule has 1 aromatic heterocycles. The fraction of sp³-hybridized carbons (Fsp3) is 0.286. The van der Waals surface area contributed by atoms with Crippen LogP contribution >= 0.6 is 0 Å². The molecule has 0 aliphatic heterocycles. The zero-order chi connectivity index (χ0) is 15.8. The van der Waals surface area contributed by atoms with Crippen LogP contribution in [0, 0.1) is 0 Å². The van der Waals surface area contributed by atoms with E-state index in [0.717, 1.165) is 11.5 Å². The number of rotatable bonds is 5. The van der Waals surface area contributed by atoms with E-state index in [1.165, 1.54) is 6.33 Å². The van der Waals surface area contributed by atoms with Crippen molar-refractivity contribution in [2.75, 3.05) is 18.9 Å². The van der Waals surface area contributed by atoms with Crippen LogP contribution in [0.2, 0.25) is 0 Å². The molecule has 8 nitrogen and oxygen atoms in total. The summed E-state index contributed by atoms with van der Waals surface area (Å²) in [6, 6.07) is 9.29. The molecule has 2 aromatic rings. The van der Waals surface area contributed by atoms with Crippen molar-refractivity contribution in [1.29, 1.82) is 0 Å². The number of aromatic nitrogens is 3. The number of carbonyl (C=O) groups is 1. The molecule has 0 atom stereocenters. The van der Waals surface area contributed by atoms with Gasteiger partial charge in [-0.1, -0.05) is 18.2 Å². The van der Waals surface area contributed by atoms with Crippen molar-refractivity contribution in [3.63, 3.8) is 0 Å². The number of benzene rings is 1. The highest BCUT2D eigenvalue weighted by Gasteiger charge is 2.05. The first-order valence-corrected chi connectivity index (χ1v) is 6.81. The Hall–Kier alpha value is -2.90. The molecule has 116 valence electrons. The van der Waals surface area contributed by atoms with Gasteiger partial charge in [0.25, 0.3) is 0 Å². The van der Waals surface area contributed by atoms with E-state index in [1.807, 2.05) is 37.4 Å². The Bertz CT molecular complexity index is 636. The Morgan fingerprint density at radius 1 is 1.27 bits per heavy atom. The van der Waals surface area contributed by atoms with Gasteiger partial charge in [0.2, 0.25) is 5.91 Å². The standard InChI is InChI=1S/C14H19N7O/c1-15-14(16-8-12-18-10-19-21(12)2)17-9-13(22)20-11-6-4-3-5-7-11/h3-7,10H,8-9H2,1-2H3,(H,20,22)(H2,15,16,17). The predicted molar refractivity (Wildman–Crippen MR) is 84.3 cm³/mol. The first-order valence-electron chi connectivity index (χ1n) is 6.81. The van der Waals surface area contributed by atoms with Gasteiger partial charge in [-0.05, 0) is 12.1 Å². The molecule has 0 aliphatic carbocycles. The summed E-state index contributed by atoms with van der Waals surface area (Å²) in [6.45, 7) is 0.587. The van der Waals surface area contributed by atoms with E-state index in [4.69, 9.17) is 0 Å². The summed E-state index contributed by atoms with van der Waals surface area (Å²) in [6.07, 6.45) is 1.49. The second kappa shape index (κ2) is 7.77. The molecule has 3 N–H and O–H groups in total. The summed E-state index contributed by atoms with van der Waals surface area (Å²) in [4.78, 5) is 20.0. The van der Waals surface area contributed by atoms with Crippen LogP contribution in [0.3, 0.4) is 0 Å². The molecule has 0 spiro atoms. The lowest BCUT2D eigenvalue weighted by Gasteiger charge is -2.11. The van der Waals surface area contributed by atoms with Gasteiger partial charge in [-0.2, -0.15) is 5.10 Å². The quantitative estimate of drug-likeness (QED) is 0.538. The minimum Gasteiger partial charge on any atom is -0.349 e. The van der Waals surface area contributed by atoms with E-state index >= 15 is 0 Å². The SMILES string of the molecule is CN=C(NCC(=O)Nc1ccccc1)NCc1ncnn1C. The zero-order valence-electron chi connectivity index (χ0n) is 12.6. The van der Waals surface area contributed by atoms with E-state index in [9.17, 15) is 4.79 Å². The highest BCUT2D eigenvalue weighted by atomic mass is 16.1. The number of aryl methyl sites for hydroxylation is 1. The van der Waals surface area contributed by atoms with Gasteiger partial charge < -0.3 is 16.0 Å². The van der Waals surface area contributed by atoms with Crippen LogP contribution in [0.1, 0.15) is 5.82 Å².